The zero-order valence-electron chi connectivity index (χ0n) is 25.9. The Hall–Kier alpha value is -4.27. The van der Waals surface area contributed by atoms with Gasteiger partial charge in [-0.2, -0.15) is 10.2 Å². The molecule has 0 aliphatic carbocycles. The van der Waals surface area contributed by atoms with Crippen molar-refractivity contribution in [1.29, 1.82) is 5.26 Å². The number of para-hydroxylation sites is 1. The van der Waals surface area contributed by atoms with Crippen LogP contribution in [0, 0.1) is 11.3 Å². The monoisotopic (exact) mass is 584 g/mol. The van der Waals surface area contributed by atoms with Gasteiger partial charge < -0.3 is 25.4 Å². The second kappa shape index (κ2) is 11.4. The predicted molar refractivity (Wildman–Crippen MR) is 167 cm³/mol. The number of nitrogens with one attached hydrogen (secondary N) is 3. The third-order valence-electron chi connectivity index (χ3n) is 7.66. The highest BCUT2D eigenvalue weighted by atomic mass is 16.5. The van der Waals surface area contributed by atoms with E-state index in [1.165, 1.54) is 0 Å². The number of carbonyl (C=O) groups is 1. The molecule has 3 N–H and O–H groups in total. The molecule has 2 aliphatic heterocycles. The molecule has 1 aromatic carbocycles. The van der Waals surface area contributed by atoms with Gasteiger partial charge in [-0.1, -0.05) is 18.2 Å². The zero-order chi connectivity index (χ0) is 31.0. The van der Waals surface area contributed by atoms with Gasteiger partial charge in [-0.3, -0.25) is 9.69 Å². The standard InChI is InChI=1S/C32H40N8O3/c1-30(2)15-22(16-31(3,4)39-30)36-26-21(17-33)19-35-29(38-26)37-24-11-9-8-10-23(24)20-14-25-27(34-18-20)40(12-13-42-7)28(41)32(5,6)43-25/h8-11,14,18-19,22,39H,12-13,15-16H2,1-7H3,(H2,35,36,37,38). The van der Waals surface area contributed by atoms with E-state index in [0.717, 1.165) is 29.7 Å². The van der Waals surface area contributed by atoms with Gasteiger partial charge in [0.2, 0.25) is 5.95 Å². The molecule has 0 unspecified atom stereocenters. The van der Waals surface area contributed by atoms with Gasteiger partial charge in [0.05, 0.1) is 19.3 Å². The summed E-state index contributed by atoms with van der Waals surface area (Å²) < 4.78 is 11.3. The number of hydrogen-bond donors (Lipinski definition) is 3. The van der Waals surface area contributed by atoms with E-state index >= 15 is 0 Å². The maximum atomic E-state index is 13.0. The van der Waals surface area contributed by atoms with Gasteiger partial charge in [-0.25, -0.2) is 9.97 Å². The smallest absolute Gasteiger partial charge is 0.271 e. The molecule has 1 fully saturated rings. The molecule has 0 atom stereocenters. The Kier molecular flexibility index (Phi) is 8.03. The molecule has 2 aromatic heterocycles. The number of aromatic nitrogens is 3. The van der Waals surface area contributed by atoms with Crippen molar-refractivity contribution in [2.45, 2.75) is 77.1 Å². The maximum Gasteiger partial charge on any atom is 0.271 e. The van der Waals surface area contributed by atoms with Crippen LogP contribution in [0.2, 0.25) is 0 Å². The van der Waals surface area contributed by atoms with Crippen molar-refractivity contribution in [2.75, 3.05) is 35.8 Å². The first-order valence-corrected chi connectivity index (χ1v) is 14.5. The number of piperidine rings is 1. The van der Waals surface area contributed by atoms with E-state index < -0.39 is 5.60 Å². The highest BCUT2D eigenvalue weighted by Gasteiger charge is 2.42. The number of ether oxygens (including phenoxy) is 2. The number of pyridine rings is 1. The van der Waals surface area contributed by atoms with E-state index in [-0.39, 0.29) is 23.0 Å². The van der Waals surface area contributed by atoms with Crippen LogP contribution in [-0.2, 0) is 9.53 Å². The van der Waals surface area contributed by atoms with E-state index in [0.29, 0.717) is 42.0 Å². The largest absolute Gasteiger partial charge is 0.474 e. The molecule has 11 heteroatoms. The van der Waals surface area contributed by atoms with Crippen molar-refractivity contribution in [3.63, 3.8) is 0 Å². The molecular weight excluding hydrogens is 544 g/mol. The number of amides is 1. The number of carbonyl (C=O) groups excluding carboxylic acids is 1. The van der Waals surface area contributed by atoms with Gasteiger partial charge in [0, 0.05) is 47.2 Å². The molecule has 0 radical (unpaired) electrons. The summed E-state index contributed by atoms with van der Waals surface area (Å²) in [6.07, 6.45) is 5.03. The van der Waals surface area contributed by atoms with Gasteiger partial charge >= 0.3 is 0 Å². The minimum atomic E-state index is -1.04. The first-order valence-electron chi connectivity index (χ1n) is 14.5. The summed E-state index contributed by atoms with van der Waals surface area (Å²) >= 11 is 0. The predicted octanol–water partition coefficient (Wildman–Crippen LogP) is 5.03. The van der Waals surface area contributed by atoms with Gasteiger partial charge in [-0.15, -0.1) is 0 Å². The van der Waals surface area contributed by atoms with Crippen LogP contribution in [0.5, 0.6) is 5.75 Å². The maximum absolute atomic E-state index is 13.0. The average molecular weight is 585 g/mol. The first kappa shape index (κ1) is 30.2. The van der Waals surface area contributed by atoms with Crippen LogP contribution in [-0.4, -0.2) is 63.8 Å². The molecule has 1 amide bonds. The third-order valence-corrected chi connectivity index (χ3v) is 7.66. The Morgan fingerprint density at radius 2 is 1.84 bits per heavy atom. The van der Waals surface area contributed by atoms with Crippen molar-refractivity contribution >= 4 is 29.2 Å². The van der Waals surface area contributed by atoms with E-state index in [4.69, 9.17) is 14.5 Å². The molecular formula is C32H40N8O3. The molecule has 5 rings (SSSR count). The first-order chi connectivity index (χ1) is 20.3. The second-order valence-corrected chi connectivity index (χ2v) is 13.0. The highest BCUT2D eigenvalue weighted by molar-refractivity contribution is 6.01. The molecule has 226 valence electrons. The number of nitriles is 1. The lowest BCUT2D eigenvalue weighted by molar-refractivity contribution is -0.132. The minimum Gasteiger partial charge on any atom is -0.474 e. The molecule has 3 aromatic rings. The van der Waals surface area contributed by atoms with Gasteiger partial charge in [0.15, 0.2) is 17.2 Å². The van der Waals surface area contributed by atoms with E-state index in [1.807, 2.05) is 30.3 Å². The summed E-state index contributed by atoms with van der Waals surface area (Å²) in [5.74, 6) is 1.68. The van der Waals surface area contributed by atoms with Crippen molar-refractivity contribution < 1.29 is 14.3 Å². The average Bonchev–Trinajstić information content (AvgIpc) is 2.92. The number of hydrogen-bond acceptors (Lipinski definition) is 10. The van der Waals surface area contributed by atoms with Crippen molar-refractivity contribution in [1.82, 2.24) is 20.3 Å². The highest BCUT2D eigenvalue weighted by Crippen LogP contribution is 2.40. The van der Waals surface area contributed by atoms with Crippen LogP contribution < -0.4 is 25.6 Å². The van der Waals surface area contributed by atoms with E-state index in [9.17, 15) is 10.1 Å². The Bertz CT molecular complexity index is 1550. The minimum absolute atomic E-state index is 0.0603. The topological polar surface area (TPSA) is 137 Å². The summed E-state index contributed by atoms with van der Waals surface area (Å²) in [5, 5.41) is 20.3. The van der Waals surface area contributed by atoms with Gasteiger partial charge in [0.1, 0.15) is 17.5 Å². The van der Waals surface area contributed by atoms with Crippen LogP contribution in [0.1, 0.15) is 59.9 Å². The summed E-state index contributed by atoms with van der Waals surface area (Å²) in [7, 11) is 1.60. The van der Waals surface area contributed by atoms with Gasteiger partial charge in [0.25, 0.3) is 5.91 Å². The molecule has 0 spiro atoms. The van der Waals surface area contributed by atoms with Crippen LogP contribution >= 0.6 is 0 Å². The number of methoxy groups -OCH3 is 1. The molecule has 0 bridgehead atoms. The summed E-state index contributed by atoms with van der Waals surface area (Å²) in [5.41, 5.74) is 1.63. The van der Waals surface area contributed by atoms with Crippen molar-refractivity contribution in [2.24, 2.45) is 0 Å². The molecule has 0 saturated carbocycles. The van der Waals surface area contributed by atoms with Crippen LogP contribution in [0.25, 0.3) is 11.1 Å². The number of nitrogens with zero attached hydrogens (tertiary/aromatic N) is 5. The number of anilines is 4. The fraction of sp³-hybridized carbons (Fsp3) is 0.469. The lowest BCUT2D eigenvalue weighted by Gasteiger charge is -2.46. The quantitative estimate of drug-likeness (QED) is 0.331. The Morgan fingerprint density at radius 3 is 2.53 bits per heavy atom. The third kappa shape index (κ3) is 6.55. The molecule has 4 heterocycles. The molecule has 11 nitrogen and oxygen atoms in total. The Morgan fingerprint density at radius 1 is 1.12 bits per heavy atom. The number of fused-ring (bicyclic) bond motifs is 1. The lowest BCUT2D eigenvalue weighted by atomic mass is 9.79. The van der Waals surface area contributed by atoms with Crippen LogP contribution in [0.3, 0.4) is 0 Å². The van der Waals surface area contributed by atoms with Crippen molar-refractivity contribution in [3.8, 4) is 22.9 Å². The summed E-state index contributed by atoms with van der Waals surface area (Å²) in [6, 6.07) is 12.0. The van der Waals surface area contributed by atoms with Crippen molar-refractivity contribution in [3.05, 3.63) is 48.3 Å². The van der Waals surface area contributed by atoms with E-state index in [1.54, 1.807) is 38.3 Å². The number of rotatable bonds is 8. The molecule has 1 saturated heterocycles. The Labute approximate surface area is 253 Å². The fourth-order valence-corrected chi connectivity index (χ4v) is 6.21. The SMILES string of the molecule is COCCN1C(=O)C(C)(C)Oc2cc(-c3ccccc3Nc3ncc(C#N)c(NC4CC(C)(C)NC(C)(C)C4)n3)cnc21. The molecule has 2 aliphatic rings. The molecule has 43 heavy (non-hydrogen) atoms. The Balaban J connectivity index is 1.44. The van der Waals surface area contributed by atoms with Crippen LogP contribution in [0.4, 0.5) is 23.3 Å². The number of benzene rings is 1. The van der Waals surface area contributed by atoms with Gasteiger partial charge in [-0.05, 0) is 66.5 Å². The van der Waals surface area contributed by atoms with E-state index in [2.05, 4.69) is 59.7 Å². The van der Waals surface area contributed by atoms with Crippen LogP contribution in [0.15, 0.2) is 42.7 Å². The summed E-state index contributed by atoms with van der Waals surface area (Å²) in [4.78, 5) is 28.4. The lowest BCUT2D eigenvalue weighted by Crippen LogP contribution is -2.60. The summed E-state index contributed by atoms with van der Waals surface area (Å²) in [6.45, 7) is 13.0. The fourth-order valence-electron chi connectivity index (χ4n) is 6.21. The normalized spacial score (nSPS) is 18.7. The zero-order valence-corrected chi connectivity index (χ0v) is 25.9. The second-order valence-electron chi connectivity index (χ2n) is 13.0.